The van der Waals surface area contributed by atoms with Crippen molar-refractivity contribution in [3.05, 3.63) is 101 Å². The lowest BCUT2D eigenvalue weighted by Crippen LogP contribution is -2.30. The third-order valence-electron chi connectivity index (χ3n) is 4.64. The highest BCUT2D eigenvalue weighted by Crippen LogP contribution is 2.29. The molecule has 0 bridgehead atoms. The van der Waals surface area contributed by atoms with Gasteiger partial charge in [-0.3, -0.25) is 14.9 Å². The molecule has 0 saturated carbocycles. The number of aryl methyl sites for hydroxylation is 1. The van der Waals surface area contributed by atoms with Gasteiger partial charge in [0.2, 0.25) is 0 Å². The van der Waals surface area contributed by atoms with Crippen LogP contribution < -0.4 is 10.6 Å². The van der Waals surface area contributed by atoms with Crippen LogP contribution in [-0.2, 0) is 9.53 Å². The molecule has 0 aromatic heterocycles. The van der Waals surface area contributed by atoms with Crippen LogP contribution in [0.5, 0.6) is 0 Å². The maximum atomic E-state index is 12.7. The minimum Gasteiger partial charge on any atom is -0.468 e. The Morgan fingerprint density at radius 1 is 0.897 bits per heavy atom. The number of esters is 1. The minimum atomic E-state index is -0.354. The highest BCUT2D eigenvalue weighted by Gasteiger charge is 2.19. The largest absolute Gasteiger partial charge is 0.468 e. The number of carbonyl (C=O) groups is 2. The zero-order valence-electron chi connectivity index (χ0n) is 16.5. The fourth-order valence-electron chi connectivity index (χ4n) is 3.07. The summed E-state index contributed by atoms with van der Waals surface area (Å²) in [4.78, 5) is 24.4. The number of benzene rings is 3. The SMILES string of the molecule is COC(=O)CN[C@@H](c1ccc(C)cc1)c1ccccc1NC(=O)c1ccccc1. The van der Waals surface area contributed by atoms with Crippen LogP contribution in [0.4, 0.5) is 5.69 Å². The van der Waals surface area contributed by atoms with Crippen molar-refractivity contribution in [3.8, 4) is 0 Å². The Morgan fingerprint density at radius 3 is 2.24 bits per heavy atom. The number of methoxy groups -OCH3 is 1. The Bertz CT molecular complexity index is 969. The number of carbonyl (C=O) groups excluding carboxylic acids is 2. The van der Waals surface area contributed by atoms with Crippen molar-refractivity contribution in [2.24, 2.45) is 0 Å². The van der Waals surface area contributed by atoms with Crippen LogP contribution in [0.1, 0.15) is 33.1 Å². The number of hydrogen-bond donors (Lipinski definition) is 2. The van der Waals surface area contributed by atoms with Crippen LogP contribution in [0.2, 0.25) is 0 Å². The average Bonchev–Trinajstić information content (AvgIpc) is 2.76. The Hall–Kier alpha value is -3.44. The van der Waals surface area contributed by atoms with E-state index in [1.165, 1.54) is 7.11 Å². The van der Waals surface area contributed by atoms with Crippen molar-refractivity contribution in [2.75, 3.05) is 19.0 Å². The van der Waals surface area contributed by atoms with Crippen LogP contribution in [0.25, 0.3) is 0 Å². The highest BCUT2D eigenvalue weighted by molar-refractivity contribution is 6.04. The van der Waals surface area contributed by atoms with Crippen molar-refractivity contribution in [3.63, 3.8) is 0 Å². The number of ether oxygens (including phenoxy) is 1. The van der Waals surface area contributed by atoms with Crippen molar-refractivity contribution >= 4 is 17.6 Å². The topological polar surface area (TPSA) is 67.4 Å². The standard InChI is InChI=1S/C24H24N2O3/c1-17-12-14-18(15-13-17)23(25-16-22(27)29-2)20-10-6-7-11-21(20)26-24(28)19-8-4-3-5-9-19/h3-15,23,25H,16H2,1-2H3,(H,26,28)/t23-/m0/s1. The Kier molecular flexibility index (Phi) is 6.76. The first kappa shape index (κ1) is 20.3. The summed E-state index contributed by atoms with van der Waals surface area (Å²) in [6.07, 6.45) is 0. The predicted molar refractivity (Wildman–Crippen MR) is 114 cm³/mol. The van der Waals surface area contributed by atoms with Gasteiger partial charge in [-0.2, -0.15) is 0 Å². The number of amides is 1. The number of hydrogen-bond acceptors (Lipinski definition) is 4. The van der Waals surface area contributed by atoms with E-state index in [4.69, 9.17) is 4.74 Å². The summed E-state index contributed by atoms with van der Waals surface area (Å²) in [5.41, 5.74) is 4.26. The van der Waals surface area contributed by atoms with Crippen molar-refractivity contribution in [1.82, 2.24) is 5.32 Å². The average molecular weight is 388 g/mol. The van der Waals surface area contributed by atoms with E-state index in [-0.39, 0.29) is 24.5 Å². The van der Waals surface area contributed by atoms with Crippen LogP contribution >= 0.6 is 0 Å². The van der Waals surface area contributed by atoms with Crippen LogP contribution in [0.3, 0.4) is 0 Å². The zero-order valence-corrected chi connectivity index (χ0v) is 16.5. The molecule has 3 rings (SSSR count). The summed E-state index contributed by atoms with van der Waals surface area (Å²) in [6, 6.07) is 24.4. The molecule has 0 spiro atoms. The lowest BCUT2D eigenvalue weighted by molar-refractivity contribution is -0.139. The maximum Gasteiger partial charge on any atom is 0.319 e. The Morgan fingerprint density at radius 2 is 1.55 bits per heavy atom. The summed E-state index contributed by atoms with van der Waals surface area (Å²) >= 11 is 0. The molecule has 0 saturated heterocycles. The Labute approximate surface area is 170 Å². The molecule has 2 N–H and O–H groups in total. The molecular weight excluding hydrogens is 364 g/mol. The van der Waals surface area contributed by atoms with Gasteiger partial charge in [0.15, 0.2) is 0 Å². The second kappa shape index (κ2) is 9.66. The first-order valence-electron chi connectivity index (χ1n) is 9.40. The Balaban J connectivity index is 1.93. The molecule has 1 amide bonds. The molecular formula is C24H24N2O3. The normalized spacial score (nSPS) is 11.5. The van der Waals surface area contributed by atoms with E-state index in [0.717, 1.165) is 16.7 Å². The zero-order chi connectivity index (χ0) is 20.6. The third-order valence-corrected chi connectivity index (χ3v) is 4.64. The highest BCUT2D eigenvalue weighted by atomic mass is 16.5. The van der Waals surface area contributed by atoms with Crippen molar-refractivity contribution in [1.29, 1.82) is 0 Å². The second-order valence-corrected chi connectivity index (χ2v) is 6.71. The molecule has 0 heterocycles. The lowest BCUT2D eigenvalue weighted by atomic mass is 9.96. The van der Waals surface area contributed by atoms with Gasteiger partial charge in [0.25, 0.3) is 5.91 Å². The molecule has 0 aliphatic heterocycles. The summed E-state index contributed by atoms with van der Waals surface area (Å²) < 4.78 is 4.77. The van der Waals surface area contributed by atoms with Gasteiger partial charge < -0.3 is 10.1 Å². The molecule has 148 valence electrons. The molecule has 1 atom stereocenters. The van der Waals surface area contributed by atoms with Gasteiger partial charge in [-0.25, -0.2) is 0 Å². The number of nitrogens with one attached hydrogen (secondary N) is 2. The predicted octanol–water partition coefficient (Wildman–Crippen LogP) is 4.10. The molecule has 0 unspecified atom stereocenters. The van der Waals surface area contributed by atoms with Crippen LogP contribution in [0, 0.1) is 6.92 Å². The van der Waals surface area contributed by atoms with Gasteiger partial charge in [-0.15, -0.1) is 0 Å². The first-order chi connectivity index (χ1) is 14.1. The van der Waals surface area contributed by atoms with Crippen LogP contribution in [-0.4, -0.2) is 25.5 Å². The minimum absolute atomic E-state index is 0.0516. The molecule has 3 aromatic carbocycles. The number of anilines is 1. The molecule has 5 heteroatoms. The van der Waals surface area contributed by atoms with E-state index in [9.17, 15) is 9.59 Å². The molecule has 29 heavy (non-hydrogen) atoms. The van der Waals surface area contributed by atoms with E-state index in [1.54, 1.807) is 12.1 Å². The van der Waals surface area contributed by atoms with Gasteiger partial charge in [0, 0.05) is 11.3 Å². The van der Waals surface area contributed by atoms with Gasteiger partial charge in [0.1, 0.15) is 0 Å². The molecule has 0 aliphatic carbocycles. The number of para-hydroxylation sites is 1. The quantitative estimate of drug-likeness (QED) is 0.598. The first-order valence-corrected chi connectivity index (χ1v) is 9.40. The second-order valence-electron chi connectivity index (χ2n) is 6.71. The summed E-state index contributed by atoms with van der Waals surface area (Å²) in [6.45, 7) is 2.07. The monoisotopic (exact) mass is 388 g/mol. The van der Waals surface area contributed by atoms with E-state index in [1.807, 2.05) is 73.7 Å². The number of rotatable bonds is 7. The van der Waals surface area contributed by atoms with Gasteiger partial charge >= 0.3 is 5.97 Å². The van der Waals surface area contributed by atoms with Crippen molar-refractivity contribution in [2.45, 2.75) is 13.0 Å². The van der Waals surface area contributed by atoms with Crippen LogP contribution in [0.15, 0.2) is 78.9 Å². The van der Waals surface area contributed by atoms with E-state index in [0.29, 0.717) is 11.3 Å². The summed E-state index contributed by atoms with van der Waals surface area (Å²) in [5.74, 6) is -0.540. The van der Waals surface area contributed by atoms with E-state index < -0.39 is 0 Å². The van der Waals surface area contributed by atoms with E-state index in [2.05, 4.69) is 10.6 Å². The fourth-order valence-corrected chi connectivity index (χ4v) is 3.07. The van der Waals surface area contributed by atoms with E-state index >= 15 is 0 Å². The van der Waals surface area contributed by atoms with Crippen molar-refractivity contribution < 1.29 is 14.3 Å². The van der Waals surface area contributed by atoms with Gasteiger partial charge in [-0.05, 0) is 36.2 Å². The van der Waals surface area contributed by atoms with Gasteiger partial charge in [0.05, 0.1) is 19.7 Å². The molecule has 0 aliphatic rings. The molecule has 5 nitrogen and oxygen atoms in total. The molecule has 0 radical (unpaired) electrons. The van der Waals surface area contributed by atoms with Gasteiger partial charge in [-0.1, -0.05) is 66.2 Å². The smallest absolute Gasteiger partial charge is 0.319 e. The molecule has 0 fully saturated rings. The summed E-state index contributed by atoms with van der Waals surface area (Å²) in [5, 5.41) is 6.25. The molecule has 3 aromatic rings. The third kappa shape index (κ3) is 5.30. The summed E-state index contributed by atoms with van der Waals surface area (Å²) in [7, 11) is 1.36. The lowest BCUT2D eigenvalue weighted by Gasteiger charge is -2.22. The fraction of sp³-hybridized carbons (Fsp3) is 0.167. The maximum absolute atomic E-state index is 12.7.